The minimum absolute atomic E-state index is 0.334. The molecule has 3 heteroatoms. The van der Waals surface area contributed by atoms with Crippen molar-refractivity contribution in [1.82, 2.24) is 0 Å². The molecule has 0 heterocycles. The van der Waals surface area contributed by atoms with Crippen LogP contribution in [0.5, 0.6) is 11.5 Å². The second-order valence-electron chi connectivity index (χ2n) is 4.48. The first-order valence-electron chi connectivity index (χ1n) is 6.61. The summed E-state index contributed by atoms with van der Waals surface area (Å²) < 4.78 is 10.7. The highest BCUT2D eigenvalue weighted by molar-refractivity contribution is 5.92. The predicted octanol–water partition coefficient (Wildman–Crippen LogP) is 3.79. The Bertz CT molecular complexity index is 617. The van der Waals surface area contributed by atoms with Gasteiger partial charge in [0.2, 0.25) is 0 Å². The van der Waals surface area contributed by atoms with Crippen LogP contribution in [0.25, 0.3) is 0 Å². The number of ether oxygens (including phenoxy) is 2. The average Bonchev–Trinajstić information content (AvgIpc) is 2.49. The van der Waals surface area contributed by atoms with Crippen LogP contribution in [0.15, 0.2) is 42.5 Å². The minimum Gasteiger partial charge on any atom is -0.496 e. The Labute approximate surface area is 119 Å². The Morgan fingerprint density at radius 3 is 2.45 bits per heavy atom. The van der Waals surface area contributed by atoms with E-state index in [1.165, 1.54) is 0 Å². The van der Waals surface area contributed by atoms with Crippen molar-refractivity contribution in [3.8, 4) is 11.5 Å². The van der Waals surface area contributed by atoms with Gasteiger partial charge in [0.05, 0.1) is 12.7 Å². The molecule has 2 aromatic carbocycles. The maximum absolute atomic E-state index is 12.3. The Morgan fingerprint density at radius 2 is 1.75 bits per heavy atom. The van der Waals surface area contributed by atoms with Crippen LogP contribution < -0.4 is 9.47 Å². The van der Waals surface area contributed by atoms with Gasteiger partial charge in [0.15, 0.2) is 0 Å². The highest BCUT2D eigenvalue weighted by Gasteiger charge is 2.14. The normalized spacial score (nSPS) is 10.2. The summed E-state index contributed by atoms with van der Waals surface area (Å²) in [7, 11) is 1.60. The van der Waals surface area contributed by atoms with E-state index >= 15 is 0 Å². The largest absolute Gasteiger partial charge is 0.496 e. The molecule has 0 spiro atoms. The van der Waals surface area contributed by atoms with Gasteiger partial charge in [0.1, 0.15) is 11.5 Å². The zero-order chi connectivity index (χ0) is 14.5. The summed E-state index contributed by atoms with van der Waals surface area (Å²) in [6.45, 7) is 3.89. The van der Waals surface area contributed by atoms with Crippen LogP contribution in [-0.4, -0.2) is 13.1 Å². The van der Waals surface area contributed by atoms with Gasteiger partial charge in [-0.25, -0.2) is 4.79 Å². The maximum atomic E-state index is 12.3. The summed E-state index contributed by atoms with van der Waals surface area (Å²) >= 11 is 0. The standard InChI is InChI=1S/C17H18O3/c1-4-13-8-5-6-9-14(13)17(18)20-16-11-7-10-15(19-3)12(16)2/h5-11H,4H2,1-3H3. The SMILES string of the molecule is CCc1ccccc1C(=O)Oc1cccc(OC)c1C. The van der Waals surface area contributed by atoms with Crippen LogP contribution >= 0.6 is 0 Å². The van der Waals surface area contributed by atoms with E-state index in [-0.39, 0.29) is 5.97 Å². The Hall–Kier alpha value is -2.29. The van der Waals surface area contributed by atoms with Crippen LogP contribution in [0.3, 0.4) is 0 Å². The third kappa shape index (κ3) is 2.82. The molecule has 2 aromatic rings. The summed E-state index contributed by atoms with van der Waals surface area (Å²) in [6.07, 6.45) is 0.794. The maximum Gasteiger partial charge on any atom is 0.343 e. The molecule has 2 rings (SSSR count). The molecule has 0 aliphatic rings. The molecule has 0 aliphatic heterocycles. The summed E-state index contributed by atoms with van der Waals surface area (Å²) in [6, 6.07) is 12.9. The van der Waals surface area contributed by atoms with Crippen molar-refractivity contribution in [1.29, 1.82) is 0 Å². The first-order valence-corrected chi connectivity index (χ1v) is 6.61. The quantitative estimate of drug-likeness (QED) is 0.626. The van der Waals surface area contributed by atoms with Crippen LogP contribution in [0.2, 0.25) is 0 Å². The zero-order valence-electron chi connectivity index (χ0n) is 12.0. The minimum atomic E-state index is -0.334. The lowest BCUT2D eigenvalue weighted by atomic mass is 10.1. The first-order chi connectivity index (χ1) is 9.67. The second kappa shape index (κ2) is 6.24. The molecule has 0 radical (unpaired) electrons. The van der Waals surface area contributed by atoms with Gasteiger partial charge in [0.25, 0.3) is 0 Å². The van der Waals surface area contributed by atoms with Crippen molar-refractivity contribution in [2.24, 2.45) is 0 Å². The highest BCUT2D eigenvalue weighted by atomic mass is 16.5. The molecule has 0 saturated carbocycles. The molecule has 0 bridgehead atoms. The van der Waals surface area contributed by atoms with Gasteiger partial charge >= 0.3 is 5.97 Å². The van der Waals surface area contributed by atoms with E-state index in [0.29, 0.717) is 17.1 Å². The van der Waals surface area contributed by atoms with Crippen molar-refractivity contribution in [2.75, 3.05) is 7.11 Å². The molecule has 0 aromatic heterocycles. The fraction of sp³-hybridized carbons (Fsp3) is 0.235. The Morgan fingerprint density at radius 1 is 1.05 bits per heavy atom. The topological polar surface area (TPSA) is 35.5 Å². The first kappa shape index (κ1) is 14.1. The van der Waals surface area contributed by atoms with Crippen molar-refractivity contribution < 1.29 is 14.3 Å². The van der Waals surface area contributed by atoms with E-state index < -0.39 is 0 Å². The molecular formula is C17H18O3. The van der Waals surface area contributed by atoms with Gasteiger partial charge in [-0.15, -0.1) is 0 Å². The Kier molecular flexibility index (Phi) is 4.41. The molecular weight excluding hydrogens is 252 g/mol. The molecule has 0 aliphatic carbocycles. The van der Waals surface area contributed by atoms with E-state index in [0.717, 1.165) is 17.5 Å². The number of aryl methyl sites for hydroxylation is 1. The van der Waals surface area contributed by atoms with Gasteiger partial charge in [0, 0.05) is 5.56 Å². The fourth-order valence-corrected chi connectivity index (χ4v) is 2.11. The number of carbonyl (C=O) groups is 1. The molecule has 0 atom stereocenters. The summed E-state index contributed by atoms with van der Waals surface area (Å²) in [4.78, 5) is 12.3. The van der Waals surface area contributed by atoms with Crippen molar-refractivity contribution in [3.63, 3.8) is 0 Å². The number of hydrogen-bond donors (Lipinski definition) is 0. The summed E-state index contributed by atoms with van der Waals surface area (Å²) in [5.41, 5.74) is 2.41. The van der Waals surface area contributed by atoms with Crippen LogP contribution in [-0.2, 0) is 6.42 Å². The number of esters is 1. The predicted molar refractivity (Wildman–Crippen MR) is 78.5 cm³/mol. The molecule has 0 saturated heterocycles. The van der Waals surface area contributed by atoms with E-state index in [9.17, 15) is 4.79 Å². The molecule has 104 valence electrons. The van der Waals surface area contributed by atoms with Gasteiger partial charge in [-0.05, 0) is 37.1 Å². The van der Waals surface area contributed by atoms with Gasteiger partial charge in [-0.1, -0.05) is 31.2 Å². The van der Waals surface area contributed by atoms with E-state index in [2.05, 4.69) is 0 Å². The molecule has 0 amide bonds. The number of carbonyl (C=O) groups excluding carboxylic acids is 1. The molecule has 0 fully saturated rings. The van der Waals surface area contributed by atoms with Gasteiger partial charge < -0.3 is 9.47 Å². The average molecular weight is 270 g/mol. The van der Waals surface area contributed by atoms with Crippen LogP contribution in [0.4, 0.5) is 0 Å². The monoisotopic (exact) mass is 270 g/mol. The lowest BCUT2D eigenvalue weighted by molar-refractivity contribution is 0.0732. The van der Waals surface area contributed by atoms with E-state index in [1.54, 1.807) is 25.3 Å². The molecule has 0 unspecified atom stereocenters. The van der Waals surface area contributed by atoms with Crippen LogP contribution in [0.1, 0.15) is 28.4 Å². The van der Waals surface area contributed by atoms with E-state index in [4.69, 9.17) is 9.47 Å². The van der Waals surface area contributed by atoms with Crippen LogP contribution in [0, 0.1) is 6.92 Å². The molecule has 20 heavy (non-hydrogen) atoms. The third-order valence-electron chi connectivity index (χ3n) is 3.28. The lowest BCUT2D eigenvalue weighted by Gasteiger charge is -2.12. The molecule has 3 nitrogen and oxygen atoms in total. The molecule has 0 N–H and O–H groups in total. The lowest BCUT2D eigenvalue weighted by Crippen LogP contribution is -2.12. The highest BCUT2D eigenvalue weighted by Crippen LogP contribution is 2.27. The zero-order valence-corrected chi connectivity index (χ0v) is 12.0. The number of hydrogen-bond acceptors (Lipinski definition) is 3. The second-order valence-corrected chi connectivity index (χ2v) is 4.48. The number of methoxy groups -OCH3 is 1. The fourth-order valence-electron chi connectivity index (χ4n) is 2.11. The van der Waals surface area contributed by atoms with Gasteiger partial charge in [-0.3, -0.25) is 0 Å². The smallest absolute Gasteiger partial charge is 0.343 e. The van der Waals surface area contributed by atoms with Gasteiger partial charge in [-0.2, -0.15) is 0 Å². The summed E-state index contributed by atoms with van der Waals surface area (Å²) in [5, 5.41) is 0. The van der Waals surface area contributed by atoms with Crippen molar-refractivity contribution >= 4 is 5.97 Å². The summed E-state index contributed by atoms with van der Waals surface area (Å²) in [5.74, 6) is 0.901. The van der Waals surface area contributed by atoms with Crippen molar-refractivity contribution in [3.05, 3.63) is 59.2 Å². The van der Waals surface area contributed by atoms with Crippen molar-refractivity contribution in [2.45, 2.75) is 20.3 Å². The Balaban J connectivity index is 2.28. The van der Waals surface area contributed by atoms with E-state index in [1.807, 2.05) is 38.1 Å². The number of rotatable bonds is 4. The third-order valence-corrected chi connectivity index (χ3v) is 3.28. The number of benzene rings is 2.